The van der Waals surface area contributed by atoms with Gasteiger partial charge in [0.1, 0.15) is 7.05 Å². The summed E-state index contributed by atoms with van der Waals surface area (Å²) in [7, 11) is 0.905. The summed E-state index contributed by atoms with van der Waals surface area (Å²) in [4.78, 5) is 0. The summed E-state index contributed by atoms with van der Waals surface area (Å²) in [6.07, 6.45) is 0. The summed E-state index contributed by atoms with van der Waals surface area (Å²) in [5, 5.41) is 2.86. The standard InChI is InChI=1S/C22H28NSi/c1-15-12-16(2)17(3)20(13-15)22-10-8-18-14-19(24(5,6)7)9-11-21(18)23(22)4/h8-14H,1-7H3/q+1. The van der Waals surface area contributed by atoms with Crippen LogP contribution in [0.15, 0.2) is 42.5 Å². The number of hydrogen-bond donors (Lipinski definition) is 0. The Labute approximate surface area is 147 Å². The lowest BCUT2D eigenvalue weighted by Gasteiger charge is -2.17. The van der Waals surface area contributed by atoms with Gasteiger partial charge in [-0.2, -0.15) is 4.57 Å². The minimum absolute atomic E-state index is 1.28. The second-order valence-corrected chi connectivity index (χ2v) is 13.1. The normalized spacial score (nSPS) is 12.0. The Morgan fingerprint density at radius 1 is 0.833 bits per heavy atom. The van der Waals surface area contributed by atoms with Crippen molar-refractivity contribution < 1.29 is 4.57 Å². The number of hydrogen-bond acceptors (Lipinski definition) is 0. The highest BCUT2D eigenvalue weighted by molar-refractivity contribution is 6.88. The Kier molecular flexibility index (Phi) is 4.12. The van der Waals surface area contributed by atoms with Gasteiger partial charge in [0.05, 0.1) is 8.07 Å². The summed E-state index contributed by atoms with van der Waals surface area (Å²) in [5.41, 5.74) is 7.97. The van der Waals surface area contributed by atoms with Gasteiger partial charge in [0.25, 0.3) is 0 Å². The van der Waals surface area contributed by atoms with Crippen LogP contribution in [0.4, 0.5) is 0 Å². The van der Waals surface area contributed by atoms with Crippen LogP contribution in [0.1, 0.15) is 16.7 Å². The lowest BCUT2D eigenvalue weighted by atomic mass is 9.97. The molecule has 24 heavy (non-hydrogen) atoms. The molecule has 1 aromatic heterocycles. The molecule has 0 saturated heterocycles. The minimum atomic E-state index is -1.28. The largest absolute Gasteiger partial charge is 0.213 e. The summed E-state index contributed by atoms with van der Waals surface area (Å²) in [5.74, 6) is 0. The first-order valence-corrected chi connectivity index (χ1v) is 12.2. The highest BCUT2D eigenvalue weighted by Crippen LogP contribution is 2.26. The average molecular weight is 335 g/mol. The van der Waals surface area contributed by atoms with Crippen molar-refractivity contribution in [3.63, 3.8) is 0 Å². The fourth-order valence-electron chi connectivity index (χ4n) is 3.45. The maximum atomic E-state index is 2.40. The SMILES string of the molecule is Cc1cc(C)c(C)c(-c2ccc3cc([Si](C)(C)C)ccc3[n+]2C)c1. The van der Waals surface area contributed by atoms with Gasteiger partial charge in [-0.05, 0) is 50.1 Å². The van der Waals surface area contributed by atoms with Crippen LogP contribution in [0.3, 0.4) is 0 Å². The first-order valence-electron chi connectivity index (χ1n) is 8.70. The van der Waals surface area contributed by atoms with Crippen LogP contribution in [0, 0.1) is 20.8 Å². The second kappa shape index (κ2) is 5.85. The van der Waals surface area contributed by atoms with E-state index in [1.807, 2.05) is 0 Å². The van der Waals surface area contributed by atoms with Crippen LogP contribution in [-0.4, -0.2) is 8.07 Å². The van der Waals surface area contributed by atoms with Crippen molar-refractivity contribution in [1.29, 1.82) is 0 Å². The zero-order chi connectivity index (χ0) is 17.6. The Hall–Kier alpha value is -1.93. The van der Waals surface area contributed by atoms with Crippen molar-refractivity contribution in [3.05, 3.63) is 59.2 Å². The van der Waals surface area contributed by atoms with Gasteiger partial charge < -0.3 is 0 Å². The third kappa shape index (κ3) is 2.91. The van der Waals surface area contributed by atoms with Crippen molar-refractivity contribution in [3.8, 4) is 11.3 Å². The second-order valence-electron chi connectivity index (χ2n) is 8.06. The molecule has 0 spiro atoms. The molecule has 0 aliphatic carbocycles. The molecule has 0 atom stereocenters. The number of benzene rings is 2. The zero-order valence-electron chi connectivity index (χ0n) is 16.0. The average Bonchev–Trinajstić information content (AvgIpc) is 2.50. The molecule has 0 bridgehead atoms. The molecule has 0 aliphatic heterocycles. The summed E-state index contributed by atoms with van der Waals surface area (Å²) < 4.78 is 2.34. The van der Waals surface area contributed by atoms with Gasteiger partial charge in [-0.1, -0.05) is 42.5 Å². The van der Waals surface area contributed by atoms with Gasteiger partial charge in [-0.25, -0.2) is 0 Å². The first-order chi connectivity index (χ1) is 11.2. The molecule has 3 rings (SSSR count). The number of fused-ring (bicyclic) bond motifs is 1. The van der Waals surface area contributed by atoms with Crippen LogP contribution in [-0.2, 0) is 7.05 Å². The molecule has 0 radical (unpaired) electrons. The van der Waals surface area contributed by atoms with Gasteiger partial charge in [-0.15, -0.1) is 0 Å². The Balaban J connectivity index is 2.24. The first kappa shape index (κ1) is 16.9. The maximum Gasteiger partial charge on any atom is 0.213 e. The van der Waals surface area contributed by atoms with Crippen LogP contribution in [0.2, 0.25) is 19.6 Å². The molecular formula is C22H28NSi+. The van der Waals surface area contributed by atoms with Crippen LogP contribution in [0.5, 0.6) is 0 Å². The third-order valence-electron chi connectivity index (χ3n) is 5.12. The van der Waals surface area contributed by atoms with E-state index in [2.05, 4.69) is 94.5 Å². The molecule has 124 valence electrons. The molecule has 0 aliphatic rings. The predicted molar refractivity (Wildman–Crippen MR) is 108 cm³/mol. The van der Waals surface area contributed by atoms with E-state index in [0.717, 1.165) is 0 Å². The molecule has 1 heterocycles. The number of aryl methyl sites for hydroxylation is 3. The summed E-state index contributed by atoms with van der Waals surface area (Å²) in [6, 6.07) is 16.1. The lowest BCUT2D eigenvalue weighted by Crippen LogP contribution is -2.38. The molecule has 0 amide bonds. The van der Waals surface area contributed by atoms with Crippen LogP contribution in [0.25, 0.3) is 22.2 Å². The number of pyridine rings is 1. The Morgan fingerprint density at radius 3 is 2.21 bits per heavy atom. The monoisotopic (exact) mass is 334 g/mol. The van der Waals surface area contributed by atoms with Gasteiger partial charge in [0.15, 0.2) is 0 Å². The van der Waals surface area contributed by atoms with E-state index < -0.39 is 8.07 Å². The van der Waals surface area contributed by atoms with E-state index in [1.165, 1.54) is 44.0 Å². The van der Waals surface area contributed by atoms with Crippen LogP contribution < -0.4 is 9.75 Å². The van der Waals surface area contributed by atoms with Crippen molar-refractivity contribution >= 4 is 24.2 Å². The number of nitrogens with zero attached hydrogens (tertiary/aromatic N) is 1. The van der Waals surface area contributed by atoms with Crippen molar-refractivity contribution in [2.24, 2.45) is 7.05 Å². The topological polar surface area (TPSA) is 3.88 Å². The van der Waals surface area contributed by atoms with Crippen molar-refractivity contribution in [1.82, 2.24) is 0 Å². The molecular weight excluding hydrogens is 306 g/mol. The smallest absolute Gasteiger partial charge is 0.194 e. The molecule has 2 aromatic carbocycles. The third-order valence-corrected chi connectivity index (χ3v) is 7.17. The Bertz CT molecular complexity index is 933. The quantitative estimate of drug-likeness (QED) is 0.468. The highest BCUT2D eigenvalue weighted by Gasteiger charge is 2.20. The molecule has 0 N–H and O–H groups in total. The Morgan fingerprint density at radius 2 is 1.54 bits per heavy atom. The number of aromatic nitrogens is 1. The van der Waals surface area contributed by atoms with Crippen molar-refractivity contribution in [2.75, 3.05) is 0 Å². The highest BCUT2D eigenvalue weighted by atomic mass is 28.3. The minimum Gasteiger partial charge on any atom is -0.194 e. The molecule has 0 fully saturated rings. The van der Waals surface area contributed by atoms with Crippen LogP contribution >= 0.6 is 0 Å². The van der Waals surface area contributed by atoms with Crippen molar-refractivity contribution in [2.45, 2.75) is 40.4 Å². The fraction of sp³-hybridized carbons (Fsp3) is 0.318. The van der Waals surface area contributed by atoms with Gasteiger partial charge in [0.2, 0.25) is 11.2 Å². The van der Waals surface area contributed by atoms with E-state index >= 15 is 0 Å². The van der Waals surface area contributed by atoms with E-state index in [0.29, 0.717) is 0 Å². The lowest BCUT2D eigenvalue weighted by molar-refractivity contribution is -0.633. The zero-order valence-corrected chi connectivity index (χ0v) is 17.0. The predicted octanol–water partition coefficient (Wildman–Crippen LogP) is 4.80. The summed E-state index contributed by atoms with van der Waals surface area (Å²) in [6.45, 7) is 13.8. The molecule has 1 nitrogen and oxygen atoms in total. The number of rotatable bonds is 2. The van der Waals surface area contributed by atoms with E-state index in [1.54, 1.807) is 0 Å². The molecule has 0 saturated carbocycles. The van der Waals surface area contributed by atoms with E-state index in [-0.39, 0.29) is 0 Å². The molecule has 0 unspecified atom stereocenters. The van der Waals surface area contributed by atoms with Gasteiger partial charge >= 0.3 is 0 Å². The molecule has 2 heteroatoms. The maximum absolute atomic E-state index is 2.40. The van der Waals surface area contributed by atoms with Gasteiger partial charge in [0, 0.05) is 23.1 Å². The van der Waals surface area contributed by atoms with Gasteiger partial charge in [-0.3, -0.25) is 0 Å². The fourth-order valence-corrected chi connectivity index (χ4v) is 4.62. The van der Waals surface area contributed by atoms with E-state index in [4.69, 9.17) is 0 Å². The summed E-state index contributed by atoms with van der Waals surface area (Å²) >= 11 is 0. The van der Waals surface area contributed by atoms with E-state index in [9.17, 15) is 0 Å². The molecule has 3 aromatic rings.